The zero-order valence-electron chi connectivity index (χ0n) is 12.0. The minimum absolute atomic E-state index is 0.276. The summed E-state index contributed by atoms with van der Waals surface area (Å²) in [5, 5.41) is 9.35. The topological polar surface area (TPSA) is 65.9 Å². The van der Waals surface area contributed by atoms with Gasteiger partial charge in [-0.1, -0.05) is 13.3 Å². The normalized spacial score (nSPS) is 23.2. The smallest absolute Gasteiger partial charge is 0.147 e. The molecular weight excluding hydrogens is 236 g/mol. The fourth-order valence-corrected chi connectivity index (χ4v) is 2.86. The molecule has 2 rings (SSSR count). The van der Waals surface area contributed by atoms with E-state index in [0.29, 0.717) is 11.5 Å². The monoisotopic (exact) mass is 258 g/mol. The molecular formula is C15H22N4. The second kappa shape index (κ2) is 5.58. The molecule has 0 aromatic carbocycles. The van der Waals surface area contributed by atoms with E-state index >= 15 is 0 Å². The molecule has 2 N–H and O–H groups in total. The van der Waals surface area contributed by atoms with Gasteiger partial charge < -0.3 is 10.6 Å². The molecule has 1 aliphatic heterocycles. The number of anilines is 1. The first-order valence-electron chi connectivity index (χ1n) is 6.95. The highest BCUT2D eigenvalue weighted by Crippen LogP contribution is 2.27. The Kier molecular flexibility index (Phi) is 4.06. The van der Waals surface area contributed by atoms with E-state index in [1.54, 1.807) is 0 Å². The minimum atomic E-state index is 0.276. The molecule has 1 aromatic heterocycles. The van der Waals surface area contributed by atoms with Gasteiger partial charge in [-0.05, 0) is 37.8 Å². The molecule has 0 aliphatic carbocycles. The van der Waals surface area contributed by atoms with Crippen LogP contribution in [0.1, 0.15) is 36.6 Å². The maximum absolute atomic E-state index is 9.35. The summed E-state index contributed by atoms with van der Waals surface area (Å²) < 4.78 is 0. The summed E-state index contributed by atoms with van der Waals surface area (Å²) in [7, 11) is 0. The molecule has 2 heterocycles. The number of aryl methyl sites for hydroxylation is 2. The van der Waals surface area contributed by atoms with Crippen LogP contribution in [0.2, 0.25) is 0 Å². The molecule has 0 amide bonds. The van der Waals surface area contributed by atoms with E-state index in [9.17, 15) is 5.26 Å². The van der Waals surface area contributed by atoms with E-state index in [4.69, 9.17) is 5.73 Å². The van der Waals surface area contributed by atoms with Gasteiger partial charge in [0.25, 0.3) is 0 Å². The van der Waals surface area contributed by atoms with Crippen molar-refractivity contribution in [2.24, 2.45) is 11.7 Å². The zero-order valence-corrected chi connectivity index (χ0v) is 12.0. The van der Waals surface area contributed by atoms with E-state index in [0.717, 1.165) is 43.0 Å². The highest BCUT2D eigenvalue weighted by molar-refractivity contribution is 5.58. The van der Waals surface area contributed by atoms with Crippen molar-refractivity contribution >= 4 is 5.82 Å². The molecule has 4 heteroatoms. The first kappa shape index (κ1) is 13.8. The molecule has 1 aromatic rings. The van der Waals surface area contributed by atoms with Crippen LogP contribution in [0.25, 0.3) is 0 Å². The Morgan fingerprint density at radius 3 is 2.89 bits per heavy atom. The van der Waals surface area contributed by atoms with Gasteiger partial charge in [-0.25, -0.2) is 4.98 Å². The summed E-state index contributed by atoms with van der Waals surface area (Å²) in [6.07, 6.45) is 2.04. The number of aromatic nitrogens is 1. The number of nitrogens with zero attached hydrogens (tertiary/aromatic N) is 3. The van der Waals surface area contributed by atoms with Gasteiger partial charge in [-0.3, -0.25) is 0 Å². The average molecular weight is 258 g/mol. The molecule has 1 aliphatic rings. The number of hydrogen-bond donors (Lipinski definition) is 1. The van der Waals surface area contributed by atoms with Crippen molar-refractivity contribution in [3.8, 4) is 6.07 Å². The van der Waals surface area contributed by atoms with Crippen molar-refractivity contribution in [2.45, 2.75) is 39.7 Å². The molecule has 0 radical (unpaired) electrons. The minimum Gasteiger partial charge on any atom is -0.355 e. The number of nitriles is 1. The standard InChI is InChI=1S/C15H22N4/c1-4-12-9-19(6-5-14(12)17)15-13(8-16)10(2)7-11(3)18-15/h7,12,14H,4-6,9,17H2,1-3H3. The lowest BCUT2D eigenvalue weighted by atomic mass is 9.90. The van der Waals surface area contributed by atoms with E-state index in [1.165, 1.54) is 0 Å². The molecule has 19 heavy (non-hydrogen) atoms. The molecule has 2 atom stereocenters. The Balaban J connectivity index is 2.34. The number of pyridine rings is 1. The first-order valence-corrected chi connectivity index (χ1v) is 6.95. The quantitative estimate of drug-likeness (QED) is 0.882. The number of hydrogen-bond acceptors (Lipinski definition) is 4. The highest BCUT2D eigenvalue weighted by Gasteiger charge is 2.27. The van der Waals surface area contributed by atoms with Crippen molar-refractivity contribution in [1.29, 1.82) is 5.26 Å². The molecule has 4 nitrogen and oxygen atoms in total. The van der Waals surface area contributed by atoms with Crippen LogP contribution in [0.5, 0.6) is 0 Å². The first-order chi connectivity index (χ1) is 9.06. The molecule has 0 bridgehead atoms. The second-order valence-electron chi connectivity index (χ2n) is 5.46. The van der Waals surface area contributed by atoms with Crippen molar-refractivity contribution in [3.63, 3.8) is 0 Å². The van der Waals surface area contributed by atoms with E-state index in [-0.39, 0.29) is 6.04 Å². The van der Waals surface area contributed by atoms with Crippen molar-refractivity contribution < 1.29 is 0 Å². The van der Waals surface area contributed by atoms with E-state index in [2.05, 4.69) is 22.9 Å². The van der Waals surface area contributed by atoms with Crippen molar-refractivity contribution in [1.82, 2.24) is 4.98 Å². The molecule has 2 unspecified atom stereocenters. The van der Waals surface area contributed by atoms with Gasteiger partial charge in [-0.2, -0.15) is 5.26 Å². The van der Waals surface area contributed by atoms with Gasteiger partial charge in [0.05, 0.1) is 5.56 Å². The van der Waals surface area contributed by atoms with Crippen LogP contribution in [0.4, 0.5) is 5.82 Å². The maximum atomic E-state index is 9.35. The fraction of sp³-hybridized carbons (Fsp3) is 0.600. The van der Waals surface area contributed by atoms with Crippen LogP contribution in [0, 0.1) is 31.1 Å². The molecule has 1 fully saturated rings. The third-order valence-electron chi connectivity index (χ3n) is 4.05. The molecule has 1 saturated heterocycles. The van der Waals surface area contributed by atoms with Gasteiger partial charge in [0.15, 0.2) is 0 Å². The van der Waals surface area contributed by atoms with Crippen LogP contribution in [0.15, 0.2) is 6.07 Å². The Morgan fingerprint density at radius 2 is 2.26 bits per heavy atom. The van der Waals surface area contributed by atoms with Gasteiger partial charge in [0, 0.05) is 24.8 Å². The third-order valence-corrected chi connectivity index (χ3v) is 4.05. The van der Waals surface area contributed by atoms with Crippen LogP contribution in [-0.4, -0.2) is 24.1 Å². The van der Waals surface area contributed by atoms with E-state index < -0.39 is 0 Å². The number of piperidine rings is 1. The molecule has 102 valence electrons. The van der Waals surface area contributed by atoms with Crippen LogP contribution in [-0.2, 0) is 0 Å². The Labute approximate surface area is 115 Å². The predicted molar refractivity (Wildman–Crippen MR) is 77.0 cm³/mol. The van der Waals surface area contributed by atoms with Gasteiger partial charge in [-0.15, -0.1) is 0 Å². The Bertz CT molecular complexity index is 504. The maximum Gasteiger partial charge on any atom is 0.147 e. The summed E-state index contributed by atoms with van der Waals surface area (Å²) in [6.45, 7) is 7.92. The highest BCUT2D eigenvalue weighted by atomic mass is 15.2. The predicted octanol–water partition coefficient (Wildman–Crippen LogP) is 2.13. The second-order valence-corrected chi connectivity index (χ2v) is 5.46. The Morgan fingerprint density at radius 1 is 1.53 bits per heavy atom. The van der Waals surface area contributed by atoms with Crippen molar-refractivity contribution in [2.75, 3.05) is 18.0 Å². The average Bonchev–Trinajstić information content (AvgIpc) is 2.38. The van der Waals surface area contributed by atoms with Crippen LogP contribution in [0.3, 0.4) is 0 Å². The largest absolute Gasteiger partial charge is 0.355 e. The lowest BCUT2D eigenvalue weighted by molar-refractivity contribution is 0.346. The summed E-state index contributed by atoms with van der Waals surface area (Å²) in [4.78, 5) is 6.82. The van der Waals surface area contributed by atoms with E-state index in [1.807, 2.05) is 19.9 Å². The molecule has 0 saturated carbocycles. The summed E-state index contributed by atoms with van der Waals surface area (Å²) in [5.41, 5.74) is 8.83. The lowest BCUT2D eigenvalue weighted by Gasteiger charge is -2.37. The number of rotatable bonds is 2. The molecule has 0 spiro atoms. The van der Waals surface area contributed by atoms with Gasteiger partial charge in [0.1, 0.15) is 11.9 Å². The summed E-state index contributed by atoms with van der Waals surface area (Å²) in [5.74, 6) is 1.33. The zero-order chi connectivity index (χ0) is 14.0. The SMILES string of the molecule is CCC1CN(c2nc(C)cc(C)c2C#N)CCC1N. The Hall–Kier alpha value is -1.60. The summed E-state index contributed by atoms with van der Waals surface area (Å²) in [6, 6.07) is 4.54. The fourth-order valence-electron chi connectivity index (χ4n) is 2.86. The van der Waals surface area contributed by atoms with Crippen molar-refractivity contribution in [3.05, 3.63) is 22.9 Å². The van der Waals surface area contributed by atoms with Gasteiger partial charge in [0.2, 0.25) is 0 Å². The third kappa shape index (κ3) is 2.71. The lowest BCUT2D eigenvalue weighted by Crippen LogP contribution is -2.47. The van der Waals surface area contributed by atoms with Crippen LogP contribution >= 0.6 is 0 Å². The van der Waals surface area contributed by atoms with Crippen LogP contribution < -0.4 is 10.6 Å². The summed E-state index contributed by atoms with van der Waals surface area (Å²) >= 11 is 0. The number of nitrogens with two attached hydrogens (primary N) is 1. The van der Waals surface area contributed by atoms with Gasteiger partial charge >= 0.3 is 0 Å².